The zero-order valence-corrected chi connectivity index (χ0v) is 17.4. The summed E-state index contributed by atoms with van der Waals surface area (Å²) in [5, 5.41) is 8.40. The number of rotatable bonds is 5. The van der Waals surface area contributed by atoms with Crippen molar-refractivity contribution in [2.75, 3.05) is 0 Å². The summed E-state index contributed by atoms with van der Waals surface area (Å²) in [5.41, 5.74) is 6.44. The Morgan fingerprint density at radius 3 is 2.68 bits per heavy atom. The van der Waals surface area contributed by atoms with Crippen LogP contribution in [-0.2, 0) is 18.3 Å². The van der Waals surface area contributed by atoms with Crippen molar-refractivity contribution in [2.45, 2.75) is 53.5 Å². The zero-order chi connectivity index (χ0) is 20.6. The minimum atomic E-state index is -0.150. The molecular weight excluding hydrogens is 352 g/mol. The van der Waals surface area contributed by atoms with Gasteiger partial charge in [-0.25, -0.2) is 0 Å². The van der Waals surface area contributed by atoms with E-state index in [4.69, 9.17) is 0 Å². The van der Waals surface area contributed by atoms with Gasteiger partial charge in [-0.2, -0.15) is 5.10 Å². The predicted octanol–water partition coefficient (Wildman–Crippen LogP) is 3.31. The summed E-state index contributed by atoms with van der Waals surface area (Å²) in [7, 11) is 1.81. The lowest BCUT2D eigenvalue weighted by molar-refractivity contribution is -0.121. The third-order valence-electron chi connectivity index (χ3n) is 5.44. The topological polar surface area (TPSA) is 79.8 Å². The maximum atomic E-state index is 12.5. The van der Waals surface area contributed by atoms with Gasteiger partial charge >= 0.3 is 0 Å². The molecule has 1 aromatic carbocycles. The number of aromatic nitrogens is 3. The molecule has 28 heavy (non-hydrogen) atoms. The fourth-order valence-electron chi connectivity index (χ4n) is 3.91. The first kappa shape index (κ1) is 19.9. The summed E-state index contributed by atoms with van der Waals surface area (Å²) in [5.74, 6) is -0.0600. The molecule has 1 atom stereocenters. The van der Waals surface area contributed by atoms with Crippen LogP contribution in [0.25, 0.3) is 11.0 Å². The molecule has 2 heterocycles. The molecule has 2 N–H and O–H groups in total. The highest BCUT2D eigenvalue weighted by atomic mass is 16.1. The number of carbonyl (C=O) groups excluding carboxylic acids is 1. The Morgan fingerprint density at radius 2 is 1.96 bits per heavy atom. The molecule has 6 heteroatoms. The smallest absolute Gasteiger partial charge is 0.253 e. The van der Waals surface area contributed by atoms with E-state index in [-0.39, 0.29) is 23.9 Å². The SMILES string of the molecule is Cc1ccc(C)c(C(C)NC(=O)CCc2c(C)c3c(C)nn(C)c3[nH]c2=O)c1. The van der Waals surface area contributed by atoms with Crippen LogP contribution < -0.4 is 10.9 Å². The molecule has 0 aliphatic heterocycles. The van der Waals surface area contributed by atoms with Crippen LogP contribution in [0, 0.1) is 27.7 Å². The first-order valence-electron chi connectivity index (χ1n) is 9.60. The van der Waals surface area contributed by atoms with Crippen LogP contribution in [0.5, 0.6) is 0 Å². The number of aryl methyl sites for hydroxylation is 5. The van der Waals surface area contributed by atoms with Crippen molar-refractivity contribution < 1.29 is 4.79 Å². The average molecular weight is 380 g/mol. The summed E-state index contributed by atoms with van der Waals surface area (Å²) in [6.45, 7) is 9.94. The molecule has 3 rings (SSSR count). The van der Waals surface area contributed by atoms with E-state index in [9.17, 15) is 9.59 Å². The Labute approximate surface area is 165 Å². The third-order valence-corrected chi connectivity index (χ3v) is 5.44. The van der Waals surface area contributed by atoms with E-state index >= 15 is 0 Å². The Kier molecular flexibility index (Phi) is 5.40. The lowest BCUT2D eigenvalue weighted by atomic mass is 9.99. The number of benzene rings is 1. The van der Waals surface area contributed by atoms with Crippen molar-refractivity contribution in [3.8, 4) is 0 Å². The minimum Gasteiger partial charge on any atom is -0.350 e. The van der Waals surface area contributed by atoms with Gasteiger partial charge < -0.3 is 10.3 Å². The highest BCUT2D eigenvalue weighted by Crippen LogP contribution is 2.22. The molecule has 0 radical (unpaired) electrons. The Morgan fingerprint density at radius 1 is 1.25 bits per heavy atom. The van der Waals surface area contributed by atoms with Gasteiger partial charge in [-0.15, -0.1) is 0 Å². The normalized spacial score (nSPS) is 12.4. The van der Waals surface area contributed by atoms with Crippen molar-refractivity contribution in [3.63, 3.8) is 0 Å². The van der Waals surface area contributed by atoms with E-state index in [1.54, 1.807) is 4.68 Å². The second-order valence-electron chi connectivity index (χ2n) is 7.64. The van der Waals surface area contributed by atoms with Crippen LogP contribution in [0.3, 0.4) is 0 Å². The van der Waals surface area contributed by atoms with Crippen LogP contribution in [0.15, 0.2) is 23.0 Å². The van der Waals surface area contributed by atoms with Gasteiger partial charge in [-0.1, -0.05) is 23.8 Å². The van der Waals surface area contributed by atoms with E-state index in [1.165, 1.54) is 5.56 Å². The third kappa shape index (κ3) is 3.72. The second kappa shape index (κ2) is 7.62. The summed E-state index contributed by atoms with van der Waals surface area (Å²) >= 11 is 0. The average Bonchev–Trinajstić information content (AvgIpc) is 2.90. The summed E-state index contributed by atoms with van der Waals surface area (Å²) in [4.78, 5) is 27.9. The first-order valence-corrected chi connectivity index (χ1v) is 9.60. The van der Waals surface area contributed by atoms with Gasteiger partial charge in [0.1, 0.15) is 5.65 Å². The van der Waals surface area contributed by atoms with Gasteiger partial charge in [-0.05, 0) is 57.7 Å². The van der Waals surface area contributed by atoms with Gasteiger partial charge in [0, 0.05) is 24.4 Å². The number of carbonyl (C=O) groups is 1. The van der Waals surface area contributed by atoms with Crippen LogP contribution in [0.2, 0.25) is 0 Å². The molecule has 6 nitrogen and oxygen atoms in total. The number of nitrogens with one attached hydrogen (secondary N) is 2. The first-order chi connectivity index (χ1) is 13.2. The quantitative estimate of drug-likeness (QED) is 0.713. The maximum Gasteiger partial charge on any atom is 0.253 e. The van der Waals surface area contributed by atoms with E-state index in [2.05, 4.69) is 33.6 Å². The number of hydrogen-bond donors (Lipinski definition) is 2. The largest absolute Gasteiger partial charge is 0.350 e. The van der Waals surface area contributed by atoms with E-state index in [0.29, 0.717) is 12.0 Å². The van der Waals surface area contributed by atoms with Crippen LogP contribution in [0.4, 0.5) is 0 Å². The molecule has 2 aromatic heterocycles. The zero-order valence-electron chi connectivity index (χ0n) is 17.4. The number of nitrogens with zero attached hydrogens (tertiary/aromatic N) is 2. The molecule has 0 aliphatic carbocycles. The van der Waals surface area contributed by atoms with E-state index in [0.717, 1.165) is 33.4 Å². The van der Waals surface area contributed by atoms with Gasteiger partial charge in [0.15, 0.2) is 0 Å². The standard InChI is InChI=1S/C22H28N4O2/c1-12-7-8-13(2)18(11-12)15(4)23-19(27)10-9-17-14(3)20-16(5)25-26(6)21(20)24-22(17)28/h7-8,11,15H,9-10H2,1-6H3,(H,23,27)(H,24,28). The summed E-state index contributed by atoms with van der Waals surface area (Å²) < 4.78 is 1.68. The number of pyridine rings is 1. The highest BCUT2D eigenvalue weighted by Gasteiger charge is 2.17. The van der Waals surface area contributed by atoms with Gasteiger partial charge in [0.2, 0.25) is 5.91 Å². The fraction of sp³-hybridized carbons (Fsp3) is 0.409. The lowest BCUT2D eigenvalue weighted by Crippen LogP contribution is -2.28. The van der Waals surface area contributed by atoms with Crippen molar-refractivity contribution in [2.24, 2.45) is 7.05 Å². The van der Waals surface area contributed by atoms with E-state index in [1.807, 2.05) is 41.7 Å². The van der Waals surface area contributed by atoms with Crippen molar-refractivity contribution >= 4 is 16.9 Å². The molecule has 148 valence electrons. The Balaban J connectivity index is 1.75. The number of fused-ring (bicyclic) bond motifs is 1. The van der Waals surface area contributed by atoms with Crippen LogP contribution >= 0.6 is 0 Å². The van der Waals surface area contributed by atoms with E-state index < -0.39 is 0 Å². The Bertz CT molecular complexity index is 1110. The number of H-pyrrole nitrogens is 1. The maximum absolute atomic E-state index is 12.5. The highest BCUT2D eigenvalue weighted by molar-refractivity contribution is 5.83. The molecule has 0 bridgehead atoms. The van der Waals surface area contributed by atoms with Gasteiger partial charge in [-0.3, -0.25) is 14.3 Å². The second-order valence-corrected chi connectivity index (χ2v) is 7.64. The molecule has 0 saturated carbocycles. The van der Waals surface area contributed by atoms with Crippen molar-refractivity contribution in [1.82, 2.24) is 20.1 Å². The molecule has 0 spiro atoms. The molecular formula is C22H28N4O2. The number of hydrogen-bond acceptors (Lipinski definition) is 3. The predicted molar refractivity (Wildman–Crippen MR) is 112 cm³/mol. The summed E-state index contributed by atoms with van der Waals surface area (Å²) in [6, 6.07) is 6.17. The van der Waals surface area contributed by atoms with Crippen LogP contribution in [0.1, 0.15) is 52.9 Å². The van der Waals surface area contributed by atoms with Crippen molar-refractivity contribution in [3.05, 3.63) is 62.1 Å². The fourth-order valence-corrected chi connectivity index (χ4v) is 3.91. The monoisotopic (exact) mass is 380 g/mol. The summed E-state index contributed by atoms with van der Waals surface area (Å²) in [6.07, 6.45) is 0.667. The minimum absolute atomic E-state index is 0.0600. The van der Waals surface area contributed by atoms with Gasteiger partial charge in [0.05, 0.1) is 11.7 Å². The molecule has 0 aliphatic rings. The molecule has 1 unspecified atom stereocenters. The van der Waals surface area contributed by atoms with Gasteiger partial charge in [0.25, 0.3) is 5.56 Å². The molecule has 0 saturated heterocycles. The lowest BCUT2D eigenvalue weighted by Gasteiger charge is -2.17. The van der Waals surface area contributed by atoms with Crippen LogP contribution in [-0.4, -0.2) is 20.7 Å². The molecule has 0 fully saturated rings. The molecule has 3 aromatic rings. The van der Waals surface area contributed by atoms with Crippen molar-refractivity contribution in [1.29, 1.82) is 0 Å². The number of aromatic amines is 1. The number of amides is 1. The Hall–Kier alpha value is -2.89. The molecule has 1 amide bonds.